The Morgan fingerprint density at radius 2 is 1.88 bits per heavy atom. The number of hydrogen-bond donors (Lipinski definition) is 3. The van der Waals surface area contributed by atoms with Crippen LogP contribution in [0, 0.1) is 0 Å². The lowest BCUT2D eigenvalue weighted by atomic mass is 10.1. The Morgan fingerprint density at radius 1 is 1.24 bits per heavy atom. The Morgan fingerprint density at radius 3 is 2.47 bits per heavy atom. The van der Waals surface area contributed by atoms with Crippen molar-refractivity contribution >= 4 is 12.0 Å². The number of carboxylic acids is 1. The van der Waals surface area contributed by atoms with Crippen molar-refractivity contribution in [1.82, 2.24) is 0 Å². The van der Waals surface area contributed by atoms with Crippen LogP contribution in [-0.2, 0) is 4.79 Å². The molecule has 0 radical (unpaired) electrons. The smallest absolute Gasteiger partial charge is 0.305 e. The van der Waals surface area contributed by atoms with Crippen molar-refractivity contribution in [3.05, 3.63) is 42.0 Å². The van der Waals surface area contributed by atoms with Crippen LogP contribution in [0.5, 0.6) is 0 Å². The fraction of sp³-hybridized carbons (Fsp3) is 0.308. The summed E-state index contributed by atoms with van der Waals surface area (Å²) in [5, 5.41) is 27.3. The molecule has 4 heteroatoms. The largest absolute Gasteiger partial charge is 0.481 e. The highest BCUT2D eigenvalue weighted by Gasteiger charge is 2.12. The summed E-state index contributed by atoms with van der Waals surface area (Å²) in [6.45, 7) is 0. The lowest BCUT2D eigenvalue weighted by Gasteiger charge is -2.10. The second-order valence-corrected chi connectivity index (χ2v) is 3.82. The molecule has 0 fully saturated rings. The van der Waals surface area contributed by atoms with E-state index in [1.807, 2.05) is 30.3 Å². The molecule has 0 bridgehead atoms. The molecule has 0 aliphatic heterocycles. The normalized spacial score (nSPS) is 14.7. The zero-order valence-corrected chi connectivity index (χ0v) is 9.36. The van der Waals surface area contributed by atoms with Crippen LogP contribution in [0.1, 0.15) is 18.4 Å². The molecule has 4 nitrogen and oxygen atoms in total. The van der Waals surface area contributed by atoms with Crippen molar-refractivity contribution in [1.29, 1.82) is 0 Å². The van der Waals surface area contributed by atoms with Crippen LogP contribution in [0.25, 0.3) is 6.08 Å². The van der Waals surface area contributed by atoms with Gasteiger partial charge in [-0.25, -0.2) is 0 Å². The molecule has 0 heterocycles. The van der Waals surface area contributed by atoms with E-state index in [9.17, 15) is 15.0 Å². The Hall–Kier alpha value is -1.65. The second kappa shape index (κ2) is 6.83. The fourth-order valence-electron chi connectivity index (χ4n) is 1.43. The van der Waals surface area contributed by atoms with Gasteiger partial charge in [-0.15, -0.1) is 0 Å². The van der Waals surface area contributed by atoms with Gasteiger partial charge in [-0.1, -0.05) is 42.5 Å². The zero-order valence-electron chi connectivity index (χ0n) is 9.36. The molecule has 1 rings (SSSR count). The average Bonchev–Trinajstić information content (AvgIpc) is 2.26. The van der Waals surface area contributed by atoms with Crippen LogP contribution in [-0.4, -0.2) is 33.5 Å². The molecule has 0 saturated carbocycles. The minimum atomic E-state index is -1.07. The maximum atomic E-state index is 10.3. The van der Waals surface area contributed by atoms with Crippen molar-refractivity contribution in [2.45, 2.75) is 25.0 Å². The van der Waals surface area contributed by atoms with Crippen LogP contribution in [0.3, 0.4) is 0 Å². The standard InChI is InChI=1S/C13H16O4/c14-11(8-12(15)9-13(16)17)7-6-10-4-2-1-3-5-10/h1-7,11-12,14-15H,8-9H2,(H,16,17)/b7-6+. The summed E-state index contributed by atoms with van der Waals surface area (Å²) in [5.41, 5.74) is 0.944. The summed E-state index contributed by atoms with van der Waals surface area (Å²) in [6.07, 6.45) is 1.08. The quantitative estimate of drug-likeness (QED) is 0.695. The SMILES string of the molecule is O=C(O)CC(O)CC(O)/C=C/c1ccccc1. The zero-order chi connectivity index (χ0) is 12.7. The number of aliphatic hydroxyl groups excluding tert-OH is 2. The predicted octanol–water partition coefficient (Wildman–Crippen LogP) is 1.29. The molecule has 2 atom stereocenters. The first-order valence-corrected chi connectivity index (χ1v) is 5.39. The van der Waals surface area contributed by atoms with Gasteiger partial charge >= 0.3 is 5.97 Å². The van der Waals surface area contributed by atoms with E-state index in [1.165, 1.54) is 0 Å². The lowest BCUT2D eigenvalue weighted by Crippen LogP contribution is -2.19. The third kappa shape index (κ3) is 5.85. The van der Waals surface area contributed by atoms with Gasteiger partial charge in [0.05, 0.1) is 18.6 Å². The molecule has 0 amide bonds. The predicted molar refractivity (Wildman–Crippen MR) is 64.4 cm³/mol. The molecule has 0 aliphatic carbocycles. The monoisotopic (exact) mass is 236 g/mol. The second-order valence-electron chi connectivity index (χ2n) is 3.82. The molecule has 3 N–H and O–H groups in total. The van der Waals surface area contributed by atoms with Crippen LogP contribution in [0.15, 0.2) is 36.4 Å². The third-order valence-electron chi connectivity index (χ3n) is 2.23. The summed E-state index contributed by atoms with van der Waals surface area (Å²) in [5.74, 6) is -1.07. The van der Waals surface area contributed by atoms with Crippen molar-refractivity contribution in [3.63, 3.8) is 0 Å². The molecule has 1 aromatic rings. The molecule has 2 unspecified atom stereocenters. The van der Waals surface area contributed by atoms with Crippen molar-refractivity contribution in [2.24, 2.45) is 0 Å². The van der Waals surface area contributed by atoms with Gasteiger partial charge in [-0.2, -0.15) is 0 Å². The molecule has 17 heavy (non-hydrogen) atoms. The van der Waals surface area contributed by atoms with Crippen molar-refractivity contribution in [2.75, 3.05) is 0 Å². The molecular formula is C13H16O4. The van der Waals surface area contributed by atoms with Gasteiger partial charge in [-0.05, 0) is 5.56 Å². The minimum absolute atomic E-state index is 0.0234. The van der Waals surface area contributed by atoms with E-state index in [0.717, 1.165) is 5.56 Å². The first kappa shape index (κ1) is 13.4. The van der Waals surface area contributed by atoms with E-state index in [1.54, 1.807) is 12.2 Å². The Balaban J connectivity index is 2.41. The van der Waals surface area contributed by atoms with Gasteiger partial charge in [0.1, 0.15) is 0 Å². The van der Waals surface area contributed by atoms with Crippen LogP contribution >= 0.6 is 0 Å². The van der Waals surface area contributed by atoms with Crippen LogP contribution in [0.2, 0.25) is 0 Å². The molecule has 0 aromatic heterocycles. The number of carboxylic acid groups (broad SMARTS) is 1. The third-order valence-corrected chi connectivity index (χ3v) is 2.23. The Bertz CT molecular complexity index is 372. The summed E-state index contributed by atoms with van der Waals surface area (Å²) in [4.78, 5) is 10.3. The maximum Gasteiger partial charge on any atom is 0.305 e. The number of hydrogen-bond acceptors (Lipinski definition) is 3. The minimum Gasteiger partial charge on any atom is -0.481 e. The number of aliphatic carboxylic acids is 1. The summed E-state index contributed by atoms with van der Waals surface area (Å²) in [7, 11) is 0. The van der Waals surface area contributed by atoms with Crippen LogP contribution < -0.4 is 0 Å². The summed E-state index contributed by atoms with van der Waals surface area (Å²) in [6, 6.07) is 9.43. The van der Waals surface area contributed by atoms with E-state index in [4.69, 9.17) is 5.11 Å². The van der Waals surface area contributed by atoms with Crippen molar-refractivity contribution < 1.29 is 20.1 Å². The fourth-order valence-corrected chi connectivity index (χ4v) is 1.43. The topological polar surface area (TPSA) is 77.8 Å². The van der Waals surface area contributed by atoms with Crippen LogP contribution in [0.4, 0.5) is 0 Å². The molecule has 92 valence electrons. The highest BCUT2D eigenvalue weighted by molar-refractivity contribution is 5.67. The summed E-state index contributed by atoms with van der Waals surface area (Å²) >= 11 is 0. The van der Waals surface area contributed by atoms with E-state index in [2.05, 4.69) is 0 Å². The average molecular weight is 236 g/mol. The van der Waals surface area contributed by atoms with Gasteiger partial charge in [0.2, 0.25) is 0 Å². The highest BCUT2D eigenvalue weighted by Crippen LogP contribution is 2.07. The number of benzene rings is 1. The van der Waals surface area contributed by atoms with Gasteiger partial charge in [0, 0.05) is 6.42 Å². The summed E-state index contributed by atoms with van der Waals surface area (Å²) < 4.78 is 0. The van der Waals surface area contributed by atoms with Gasteiger partial charge in [-0.3, -0.25) is 4.79 Å². The Labute approximate surface area is 99.8 Å². The maximum absolute atomic E-state index is 10.3. The number of aliphatic hydroxyl groups is 2. The lowest BCUT2D eigenvalue weighted by molar-refractivity contribution is -0.139. The number of rotatable bonds is 6. The Kier molecular flexibility index (Phi) is 5.39. The van der Waals surface area contributed by atoms with E-state index in [0.29, 0.717) is 0 Å². The highest BCUT2D eigenvalue weighted by atomic mass is 16.4. The molecule has 0 aliphatic rings. The van der Waals surface area contributed by atoms with E-state index < -0.39 is 18.2 Å². The molecule has 1 aromatic carbocycles. The van der Waals surface area contributed by atoms with Gasteiger partial charge < -0.3 is 15.3 Å². The molecule has 0 spiro atoms. The van der Waals surface area contributed by atoms with E-state index in [-0.39, 0.29) is 12.8 Å². The van der Waals surface area contributed by atoms with Crippen molar-refractivity contribution in [3.8, 4) is 0 Å². The molecular weight excluding hydrogens is 220 g/mol. The number of carbonyl (C=O) groups is 1. The first-order valence-electron chi connectivity index (χ1n) is 5.39. The molecule has 0 saturated heterocycles. The van der Waals surface area contributed by atoms with Gasteiger partial charge in [0.15, 0.2) is 0 Å². The first-order chi connectivity index (χ1) is 8.08. The van der Waals surface area contributed by atoms with E-state index >= 15 is 0 Å². The van der Waals surface area contributed by atoms with Gasteiger partial charge in [0.25, 0.3) is 0 Å².